The summed E-state index contributed by atoms with van der Waals surface area (Å²) >= 11 is 0. The maximum absolute atomic E-state index is 13.5. The number of hydrogen-bond donors (Lipinski definition) is 1. The topological polar surface area (TPSA) is 107 Å². The summed E-state index contributed by atoms with van der Waals surface area (Å²) < 4.78 is 21.5. The molecule has 2 aromatic rings. The standard InChI is InChI=1S/C27H31N3O7/c1-3-29(4-2)27(33)24(28-25(31)18-5-7-20-22(13-18)36-15-34-20)17-9-11-30(12-10-17)26(32)19-6-8-21-23(14-19)37-16-35-21/h5-8,13-14,17,24H,3-4,9-12,15-16H2,1-2H3,(H,28,31)/t24-/m1/s1. The number of likely N-dealkylation sites (tertiary alicyclic amines) is 1. The van der Waals surface area contributed by atoms with E-state index in [1.807, 2.05) is 13.8 Å². The van der Waals surface area contributed by atoms with Crippen molar-refractivity contribution in [2.75, 3.05) is 39.8 Å². The van der Waals surface area contributed by atoms with Gasteiger partial charge < -0.3 is 34.1 Å². The highest BCUT2D eigenvalue weighted by Crippen LogP contribution is 2.34. The van der Waals surface area contributed by atoms with Gasteiger partial charge in [-0.05, 0) is 69.0 Å². The monoisotopic (exact) mass is 509 g/mol. The Hall–Kier alpha value is -3.95. The summed E-state index contributed by atoms with van der Waals surface area (Å²) in [5, 5.41) is 2.99. The zero-order valence-corrected chi connectivity index (χ0v) is 21.0. The maximum atomic E-state index is 13.5. The predicted octanol–water partition coefficient (Wildman–Crippen LogP) is 2.66. The number of rotatable bonds is 7. The minimum absolute atomic E-state index is 0.0900. The van der Waals surface area contributed by atoms with Crippen LogP contribution >= 0.6 is 0 Å². The zero-order chi connectivity index (χ0) is 25.9. The summed E-state index contributed by atoms with van der Waals surface area (Å²) in [6, 6.07) is 9.47. The van der Waals surface area contributed by atoms with E-state index in [9.17, 15) is 14.4 Å². The normalized spacial score (nSPS) is 16.9. The largest absolute Gasteiger partial charge is 0.454 e. The molecule has 3 aliphatic heterocycles. The Morgan fingerprint density at radius 1 is 0.865 bits per heavy atom. The van der Waals surface area contributed by atoms with E-state index in [-0.39, 0.29) is 37.2 Å². The van der Waals surface area contributed by atoms with Gasteiger partial charge in [0, 0.05) is 37.3 Å². The molecule has 0 saturated carbocycles. The number of nitrogens with one attached hydrogen (secondary N) is 1. The average Bonchev–Trinajstić information content (AvgIpc) is 3.60. The van der Waals surface area contributed by atoms with Gasteiger partial charge in [-0.2, -0.15) is 0 Å². The van der Waals surface area contributed by atoms with Crippen molar-refractivity contribution in [2.24, 2.45) is 5.92 Å². The fourth-order valence-electron chi connectivity index (χ4n) is 5.02. The van der Waals surface area contributed by atoms with Gasteiger partial charge >= 0.3 is 0 Å². The Labute approximate surface area is 215 Å². The lowest BCUT2D eigenvalue weighted by molar-refractivity contribution is -0.134. The SMILES string of the molecule is CCN(CC)C(=O)[C@H](NC(=O)c1ccc2c(c1)OCO2)C1CCN(C(=O)c2ccc3c(c2)OCO3)CC1. The number of ether oxygens (including phenoxy) is 4. The van der Waals surface area contributed by atoms with Crippen LogP contribution in [0, 0.1) is 5.92 Å². The first-order valence-electron chi connectivity index (χ1n) is 12.7. The van der Waals surface area contributed by atoms with Crippen molar-refractivity contribution in [1.29, 1.82) is 0 Å². The van der Waals surface area contributed by atoms with Gasteiger partial charge in [0.2, 0.25) is 19.5 Å². The molecule has 0 aromatic heterocycles. The molecule has 10 nitrogen and oxygen atoms in total. The van der Waals surface area contributed by atoms with E-state index in [0.29, 0.717) is 73.1 Å². The fourth-order valence-corrected chi connectivity index (χ4v) is 5.02. The Balaban J connectivity index is 1.28. The number of nitrogens with zero attached hydrogens (tertiary/aromatic N) is 2. The molecule has 0 bridgehead atoms. The van der Waals surface area contributed by atoms with Gasteiger partial charge in [-0.3, -0.25) is 14.4 Å². The van der Waals surface area contributed by atoms with Crippen LogP contribution in [-0.2, 0) is 4.79 Å². The fraction of sp³-hybridized carbons (Fsp3) is 0.444. The Morgan fingerprint density at radius 2 is 1.41 bits per heavy atom. The second kappa shape index (κ2) is 10.6. The van der Waals surface area contributed by atoms with E-state index < -0.39 is 6.04 Å². The van der Waals surface area contributed by atoms with E-state index in [2.05, 4.69) is 5.32 Å². The third-order valence-electron chi connectivity index (χ3n) is 7.18. The van der Waals surface area contributed by atoms with Crippen molar-refractivity contribution in [2.45, 2.75) is 32.7 Å². The minimum atomic E-state index is -0.694. The van der Waals surface area contributed by atoms with Gasteiger partial charge in [-0.25, -0.2) is 0 Å². The lowest BCUT2D eigenvalue weighted by atomic mass is 9.87. The highest BCUT2D eigenvalue weighted by Gasteiger charge is 2.36. The number of carbonyl (C=O) groups is 3. The Kier molecular flexibility index (Phi) is 7.07. The van der Waals surface area contributed by atoms with E-state index in [1.165, 1.54) is 0 Å². The molecule has 1 N–H and O–H groups in total. The molecule has 5 rings (SSSR count). The van der Waals surface area contributed by atoms with Crippen LogP contribution in [0.2, 0.25) is 0 Å². The molecule has 0 spiro atoms. The number of amides is 3. The molecule has 1 saturated heterocycles. The highest BCUT2D eigenvalue weighted by atomic mass is 16.7. The molecule has 3 aliphatic rings. The molecule has 3 heterocycles. The average molecular weight is 510 g/mol. The summed E-state index contributed by atoms with van der Waals surface area (Å²) in [5.41, 5.74) is 0.937. The Bertz CT molecular complexity index is 1190. The first kappa shape index (κ1) is 24.7. The summed E-state index contributed by atoms with van der Waals surface area (Å²) in [6.07, 6.45) is 1.19. The van der Waals surface area contributed by atoms with Gasteiger partial charge in [0.15, 0.2) is 23.0 Å². The maximum Gasteiger partial charge on any atom is 0.253 e. The molecule has 1 atom stereocenters. The van der Waals surface area contributed by atoms with Gasteiger partial charge in [0.05, 0.1) is 0 Å². The third kappa shape index (κ3) is 5.00. The van der Waals surface area contributed by atoms with Gasteiger partial charge in [-0.15, -0.1) is 0 Å². The summed E-state index contributed by atoms with van der Waals surface area (Å²) in [5.74, 6) is 1.64. The molecular weight excluding hydrogens is 478 g/mol. The van der Waals surface area contributed by atoms with Crippen molar-refractivity contribution in [3.05, 3.63) is 47.5 Å². The van der Waals surface area contributed by atoms with Gasteiger partial charge in [-0.1, -0.05) is 0 Å². The highest BCUT2D eigenvalue weighted by molar-refractivity contribution is 5.98. The second-order valence-electron chi connectivity index (χ2n) is 9.23. The number of likely N-dealkylation sites (N-methyl/N-ethyl adjacent to an activating group) is 1. The summed E-state index contributed by atoms with van der Waals surface area (Å²) in [6.45, 7) is 6.18. The van der Waals surface area contributed by atoms with Gasteiger partial charge in [0.25, 0.3) is 11.8 Å². The second-order valence-corrected chi connectivity index (χ2v) is 9.23. The number of piperidine rings is 1. The minimum Gasteiger partial charge on any atom is -0.454 e. The van der Waals surface area contributed by atoms with E-state index >= 15 is 0 Å². The Morgan fingerprint density at radius 3 is 2.00 bits per heavy atom. The van der Waals surface area contributed by atoms with Gasteiger partial charge in [0.1, 0.15) is 6.04 Å². The van der Waals surface area contributed by atoms with Crippen LogP contribution in [0.15, 0.2) is 36.4 Å². The van der Waals surface area contributed by atoms with Crippen LogP contribution < -0.4 is 24.3 Å². The molecule has 0 unspecified atom stereocenters. The number of fused-ring (bicyclic) bond motifs is 2. The molecule has 196 valence electrons. The van der Waals surface area contributed by atoms with Crippen LogP contribution in [0.4, 0.5) is 0 Å². The van der Waals surface area contributed by atoms with Crippen molar-refractivity contribution in [1.82, 2.24) is 15.1 Å². The van der Waals surface area contributed by atoms with Crippen LogP contribution in [0.5, 0.6) is 23.0 Å². The smallest absolute Gasteiger partial charge is 0.253 e. The molecule has 37 heavy (non-hydrogen) atoms. The molecule has 0 radical (unpaired) electrons. The number of hydrogen-bond acceptors (Lipinski definition) is 7. The van der Waals surface area contributed by atoms with Crippen molar-refractivity contribution in [3.63, 3.8) is 0 Å². The van der Waals surface area contributed by atoms with Crippen LogP contribution in [0.25, 0.3) is 0 Å². The predicted molar refractivity (Wildman–Crippen MR) is 133 cm³/mol. The molecule has 10 heteroatoms. The lowest BCUT2D eigenvalue weighted by Gasteiger charge is -2.37. The molecule has 0 aliphatic carbocycles. The zero-order valence-electron chi connectivity index (χ0n) is 21.0. The van der Waals surface area contributed by atoms with E-state index in [1.54, 1.807) is 46.2 Å². The number of benzene rings is 2. The van der Waals surface area contributed by atoms with Crippen LogP contribution in [-0.4, -0.2) is 73.3 Å². The molecular formula is C27H31N3O7. The lowest BCUT2D eigenvalue weighted by Crippen LogP contribution is -2.54. The van der Waals surface area contributed by atoms with Crippen LogP contribution in [0.3, 0.4) is 0 Å². The van der Waals surface area contributed by atoms with Crippen molar-refractivity contribution in [3.8, 4) is 23.0 Å². The summed E-state index contributed by atoms with van der Waals surface area (Å²) in [7, 11) is 0. The van der Waals surface area contributed by atoms with Crippen molar-refractivity contribution < 1.29 is 33.3 Å². The quantitative estimate of drug-likeness (QED) is 0.612. The molecule has 1 fully saturated rings. The molecule has 3 amide bonds. The first-order valence-corrected chi connectivity index (χ1v) is 12.7. The van der Waals surface area contributed by atoms with Crippen molar-refractivity contribution >= 4 is 17.7 Å². The van der Waals surface area contributed by atoms with E-state index in [0.717, 1.165) is 0 Å². The third-order valence-corrected chi connectivity index (χ3v) is 7.18. The van der Waals surface area contributed by atoms with Crippen LogP contribution in [0.1, 0.15) is 47.4 Å². The summed E-state index contributed by atoms with van der Waals surface area (Å²) in [4.78, 5) is 43.3. The van der Waals surface area contributed by atoms with E-state index in [4.69, 9.17) is 18.9 Å². The first-order chi connectivity index (χ1) is 18.0. The number of carbonyl (C=O) groups excluding carboxylic acids is 3. The molecule has 2 aromatic carbocycles.